The highest BCUT2D eigenvalue weighted by Crippen LogP contribution is 2.30. The Balaban J connectivity index is 2.69. The Morgan fingerprint density at radius 1 is 1.16 bits per heavy atom. The third-order valence-corrected chi connectivity index (χ3v) is 4.21. The number of aryl methyl sites for hydroxylation is 1. The van der Waals surface area contributed by atoms with Crippen LogP contribution in [0.15, 0.2) is 24.3 Å². The lowest BCUT2D eigenvalue weighted by Crippen LogP contribution is -2.37. The van der Waals surface area contributed by atoms with E-state index in [0.717, 1.165) is 19.0 Å². The topological polar surface area (TPSA) is 12.0 Å². The van der Waals surface area contributed by atoms with Gasteiger partial charge in [-0.25, -0.2) is 0 Å². The molecule has 0 atom stereocenters. The fraction of sp³-hybridized carbons (Fsp3) is 0.667. The highest BCUT2D eigenvalue weighted by Gasteiger charge is 2.26. The molecule has 0 spiro atoms. The summed E-state index contributed by atoms with van der Waals surface area (Å²) >= 11 is 0. The molecule has 1 N–H and O–H groups in total. The van der Waals surface area contributed by atoms with E-state index in [-0.39, 0.29) is 0 Å². The van der Waals surface area contributed by atoms with Crippen LogP contribution in [0, 0.1) is 18.3 Å². The highest BCUT2D eigenvalue weighted by molar-refractivity contribution is 5.23. The van der Waals surface area contributed by atoms with Crippen molar-refractivity contribution in [3.63, 3.8) is 0 Å². The first-order chi connectivity index (χ1) is 9.01. The Labute approximate surface area is 119 Å². The Bertz CT molecular complexity index is 364. The number of nitrogens with one attached hydrogen (secondary N) is 1. The maximum atomic E-state index is 3.66. The average molecular weight is 261 g/mol. The van der Waals surface area contributed by atoms with E-state index in [9.17, 15) is 0 Å². The fourth-order valence-corrected chi connectivity index (χ4v) is 2.69. The van der Waals surface area contributed by atoms with Gasteiger partial charge in [0.05, 0.1) is 0 Å². The summed E-state index contributed by atoms with van der Waals surface area (Å²) in [6, 6.07) is 8.97. The average Bonchev–Trinajstić information content (AvgIpc) is 2.37. The van der Waals surface area contributed by atoms with Crippen molar-refractivity contribution >= 4 is 0 Å². The first-order valence-corrected chi connectivity index (χ1v) is 7.77. The van der Waals surface area contributed by atoms with Crippen LogP contribution >= 0.6 is 0 Å². The van der Waals surface area contributed by atoms with E-state index in [0.29, 0.717) is 5.41 Å². The summed E-state index contributed by atoms with van der Waals surface area (Å²) in [6.45, 7) is 13.6. The second kappa shape index (κ2) is 7.69. The molecule has 1 heteroatoms. The Morgan fingerprint density at radius 2 is 1.84 bits per heavy atom. The molecule has 19 heavy (non-hydrogen) atoms. The molecule has 1 aromatic carbocycles. The van der Waals surface area contributed by atoms with Crippen LogP contribution in [0.5, 0.6) is 0 Å². The quantitative estimate of drug-likeness (QED) is 0.721. The van der Waals surface area contributed by atoms with Crippen molar-refractivity contribution in [2.75, 3.05) is 13.1 Å². The second-order valence-electron chi connectivity index (χ2n) is 6.40. The number of benzene rings is 1. The van der Waals surface area contributed by atoms with E-state index in [1.165, 1.54) is 30.4 Å². The molecule has 1 rings (SSSR count). The summed E-state index contributed by atoms with van der Waals surface area (Å²) in [5.74, 6) is 0.727. The zero-order chi connectivity index (χ0) is 14.3. The van der Waals surface area contributed by atoms with Crippen molar-refractivity contribution in [2.45, 2.75) is 53.9 Å². The lowest BCUT2D eigenvalue weighted by atomic mass is 9.76. The van der Waals surface area contributed by atoms with Gasteiger partial charge in [0.25, 0.3) is 0 Å². The largest absolute Gasteiger partial charge is 0.316 e. The maximum Gasteiger partial charge on any atom is 0.00109 e. The van der Waals surface area contributed by atoms with E-state index in [4.69, 9.17) is 0 Å². The highest BCUT2D eigenvalue weighted by atomic mass is 14.9. The summed E-state index contributed by atoms with van der Waals surface area (Å²) in [6.07, 6.45) is 3.66. The third kappa shape index (κ3) is 5.36. The summed E-state index contributed by atoms with van der Waals surface area (Å²) in [5.41, 5.74) is 3.26. The van der Waals surface area contributed by atoms with Crippen LogP contribution in [0.4, 0.5) is 0 Å². The minimum absolute atomic E-state index is 0.405. The summed E-state index contributed by atoms with van der Waals surface area (Å²) in [7, 11) is 0. The number of hydrogen-bond acceptors (Lipinski definition) is 1. The molecule has 0 amide bonds. The molecular weight excluding hydrogens is 230 g/mol. The van der Waals surface area contributed by atoms with Crippen molar-refractivity contribution in [2.24, 2.45) is 11.3 Å². The SMILES string of the molecule is CCC(CC)(CNCC(C)C)Cc1cccc(C)c1. The zero-order valence-corrected chi connectivity index (χ0v) is 13.4. The van der Waals surface area contributed by atoms with Gasteiger partial charge in [-0.2, -0.15) is 0 Å². The molecule has 0 aliphatic rings. The Kier molecular flexibility index (Phi) is 6.57. The monoisotopic (exact) mass is 261 g/mol. The molecule has 0 saturated heterocycles. The molecule has 0 radical (unpaired) electrons. The lowest BCUT2D eigenvalue weighted by molar-refractivity contribution is 0.243. The van der Waals surface area contributed by atoms with E-state index >= 15 is 0 Å². The van der Waals surface area contributed by atoms with E-state index < -0.39 is 0 Å². The van der Waals surface area contributed by atoms with Crippen molar-refractivity contribution in [3.8, 4) is 0 Å². The molecule has 0 aliphatic carbocycles. The minimum atomic E-state index is 0.405. The predicted molar refractivity (Wildman–Crippen MR) is 85.6 cm³/mol. The van der Waals surface area contributed by atoms with Gasteiger partial charge in [0.1, 0.15) is 0 Å². The Morgan fingerprint density at radius 3 is 2.37 bits per heavy atom. The first-order valence-electron chi connectivity index (χ1n) is 7.77. The van der Waals surface area contributed by atoms with Crippen LogP contribution in [-0.2, 0) is 6.42 Å². The van der Waals surface area contributed by atoms with Gasteiger partial charge in [-0.15, -0.1) is 0 Å². The van der Waals surface area contributed by atoms with E-state index in [1.54, 1.807) is 0 Å². The Hall–Kier alpha value is -0.820. The van der Waals surface area contributed by atoms with Gasteiger partial charge in [0.2, 0.25) is 0 Å². The first kappa shape index (κ1) is 16.2. The van der Waals surface area contributed by atoms with Crippen LogP contribution in [-0.4, -0.2) is 13.1 Å². The number of rotatable bonds is 8. The lowest BCUT2D eigenvalue weighted by Gasteiger charge is -2.33. The van der Waals surface area contributed by atoms with Crippen LogP contribution < -0.4 is 5.32 Å². The molecular formula is C18H31N. The van der Waals surface area contributed by atoms with Crippen molar-refractivity contribution in [1.82, 2.24) is 5.32 Å². The van der Waals surface area contributed by atoms with E-state index in [1.807, 2.05) is 0 Å². The van der Waals surface area contributed by atoms with Crippen LogP contribution in [0.2, 0.25) is 0 Å². The van der Waals surface area contributed by atoms with Gasteiger partial charge in [0.15, 0.2) is 0 Å². The van der Waals surface area contributed by atoms with Gasteiger partial charge < -0.3 is 5.32 Å². The molecule has 1 nitrogen and oxygen atoms in total. The predicted octanol–water partition coefficient (Wildman–Crippen LogP) is 4.59. The molecule has 108 valence electrons. The van der Waals surface area contributed by atoms with Crippen molar-refractivity contribution in [3.05, 3.63) is 35.4 Å². The second-order valence-corrected chi connectivity index (χ2v) is 6.40. The fourth-order valence-electron chi connectivity index (χ4n) is 2.69. The molecule has 0 saturated carbocycles. The standard InChI is InChI=1S/C18H31N/c1-6-18(7-2,14-19-13-15(3)4)12-17-10-8-9-16(5)11-17/h8-11,15,19H,6-7,12-14H2,1-5H3. The van der Waals surface area contributed by atoms with Gasteiger partial charge in [-0.05, 0) is 49.6 Å². The van der Waals surface area contributed by atoms with Gasteiger partial charge in [0, 0.05) is 6.54 Å². The molecule has 0 heterocycles. The van der Waals surface area contributed by atoms with Gasteiger partial charge in [-0.3, -0.25) is 0 Å². The van der Waals surface area contributed by atoms with Crippen molar-refractivity contribution in [1.29, 1.82) is 0 Å². The normalized spacial score (nSPS) is 12.1. The summed E-state index contributed by atoms with van der Waals surface area (Å²) in [5, 5.41) is 3.66. The molecule has 1 aromatic rings. The third-order valence-electron chi connectivity index (χ3n) is 4.21. The molecule has 0 aliphatic heterocycles. The van der Waals surface area contributed by atoms with Gasteiger partial charge in [-0.1, -0.05) is 57.5 Å². The summed E-state index contributed by atoms with van der Waals surface area (Å²) < 4.78 is 0. The molecule has 0 unspecified atom stereocenters. The maximum absolute atomic E-state index is 3.66. The van der Waals surface area contributed by atoms with Crippen LogP contribution in [0.1, 0.15) is 51.7 Å². The number of hydrogen-bond donors (Lipinski definition) is 1. The zero-order valence-electron chi connectivity index (χ0n) is 13.4. The summed E-state index contributed by atoms with van der Waals surface area (Å²) in [4.78, 5) is 0. The smallest absolute Gasteiger partial charge is 0.00109 e. The minimum Gasteiger partial charge on any atom is -0.316 e. The molecule has 0 aromatic heterocycles. The van der Waals surface area contributed by atoms with Crippen molar-refractivity contribution < 1.29 is 0 Å². The molecule has 0 bridgehead atoms. The van der Waals surface area contributed by atoms with Gasteiger partial charge >= 0.3 is 0 Å². The van der Waals surface area contributed by atoms with E-state index in [2.05, 4.69) is 64.2 Å². The molecule has 0 fully saturated rings. The van der Waals surface area contributed by atoms with Crippen LogP contribution in [0.25, 0.3) is 0 Å². The van der Waals surface area contributed by atoms with Crippen LogP contribution in [0.3, 0.4) is 0 Å².